The largest absolute Gasteiger partial charge is 0.473 e. The molecule has 2 aliphatic heterocycles. The number of rotatable bonds is 15. The maximum atomic E-state index is 14.3. The Kier molecular flexibility index (Phi) is 14.6. The van der Waals surface area contributed by atoms with Gasteiger partial charge in [-0.05, 0) is 77.7 Å². The van der Waals surface area contributed by atoms with E-state index in [-0.39, 0.29) is 34.6 Å². The molecule has 14 nitrogen and oxygen atoms in total. The SMILES string of the molecule is CCN(C(=O)c1cc(F)ccc1Oc1nncnc1N1CCC2(C1)CN(C(CCCN(C)CCOC)C(C)C)C2)C(C)C.O=C(O)C(=O)O. The van der Waals surface area contributed by atoms with Crippen molar-refractivity contribution < 1.29 is 38.5 Å². The summed E-state index contributed by atoms with van der Waals surface area (Å²) in [6, 6.07) is 4.52. The topological polar surface area (TPSA) is 162 Å². The molecule has 2 saturated heterocycles. The molecule has 2 aromatic rings. The van der Waals surface area contributed by atoms with Crippen molar-refractivity contribution in [1.29, 1.82) is 0 Å². The van der Waals surface area contributed by atoms with Gasteiger partial charge in [0.15, 0.2) is 5.82 Å². The number of carbonyl (C=O) groups is 3. The van der Waals surface area contributed by atoms with Crippen LogP contribution >= 0.6 is 0 Å². The van der Waals surface area contributed by atoms with Gasteiger partial charge in [-0.3, -0.25) is 9.69 Å². The van der Waals surface area contributed by atoms with Crippen molar-refractivity contribution in [3.8, 4) is 11.6 Å². The quantitative estimate of drug-likeness (QED) is 0.261. The molecular weight excluding hydrogens is 637 g/mol. The van der Waals surface area contributed by atoms with Gasteiger partial charge in [0.05, 0.1) is 12.2 Å². The lowest BCUT2D eigenvalue weighted by Gasteiger charge is -2.53. The Morgan fingerprint density at radius 1 is 1.08 bits per heavy atom. The minimum Gasteiger partial charge on any atom is -0.473 e. The molecule has 272 valence electrons. The van der Waals surface area contributed by atoms with Crippen LogP contribution in [0.3, 0.4) is 0 Å². The zero-order valence-corrected chi connectivity index (χ0v) is 29.8. The average Bonchev–Trinajstić information content (AvgIpc) is 3.48. The summed E-state index contributed by atoms with van der Waals surface area (Å²) in [5.74, 6) is -2.78. The number of benzene rings is 1. The van der Waals surface area contributed by atoms with Crippen molar-refractivity contribution in [2.24, 2.45) is 11.3 Å². The number of aromatic nitrogens is 3. The molecule has 2 aliphatic rings. The Bertz CT molecular complexity index is 1390. The fraction of sp³-hybridized carbons (Fsp3) is 0.647. The van der Waals surface area contributed by atoms with E-state index in [9.17, 15) is 9.18 Å². The number of likely N-dealkylation sites (N-methyl/N-ethyl adjacent to an activating group) is 1. The summed E-state index contributed by atoms with van der Waals surface area (Å²) in [5, 5.41) is 23.0. The van der Waals surface area contributed by atoms with Gasteiger partial charge in [0.1, 0.15) is 17.9 Å². The van der Waals surface area contributed by atoms with E-state index in [1.54, 1.807) is 12.0 Å². The number of nitrogens with zero attached hydrogens (tertiary/aromatic N) is 7. The van der Waals surface area contributed by atoms with Crippen LogP contribution in [0.15, 0.2) is 24.5 Å². The van der Waals surface area contributed by atoms with Crippen LogP contribution in [0.4, 0.5) is 10.2 Å². The first-order valence-electron chi connectivity index (χ1n) is 16.8. The molecule has 2 fully saturated rings. The summed E-state index contributed by atoms with van der Waals surface area (Å²) in [6.07, 6.45) is 4.85. The number of hydrogen-bond donors (Lipinski definition) is 2. The molecule has 1 atom stereocenters. The molecule has 1 aromatic carbocycles. The van der Waals surface area contributed by atoms with Crippen molar-refractivity contribution in [2.45, 2.75) is 66.0 Å². The normalized spacial score (nSPS) is 16.0. The highest BCUT2D eigenvalue weighted by molar-refractivity contribution is 6.27. The van der Waals surface area contributed by atoms with Gasteiger partial charge in [-0.1, -0.05) is 13.8 Å². The van der Waals surface area contributed by atoms with Crippen molar-refractivity contribution in [1.82, 2.24) is 29.9 Å². The van der Waals surface area contributed by atoms with Crippen molar-refractivity contribution >= 4 is 23.7 Å². The first-order valence-corrected chi connectivity index (χ1v) is 16.8. The number of ether oxygens (including phenoxy) is 2. The zero-order valence-electron chi connectivity index (χ0n) is 29.8. The second-order valence-electron chi connectivity index (χ2n) is 13.5. The Hall–Kier alpha value is -3.95. The second-order valence-corrected chi connectivity index (χ2v) is 13.5. The van der Waals surface area contributed by atoms with Crippen LogP contribution in [0.2, 0.25) is 0 Å². The van der Waals surface area contributed by atoms with Crippen LogP contribution in [-0.2, 0) is 14.3 Å². The van der Waals surface area contributed by atoms with Crippen LogP contribution < -0.4 is 9.64 Å². The highest BCUT2D eigenvalue weighted by atomic mass is 19.1. The summed E-state index contributed by atoms with van der Waals surface area (Å²) >= 11 is 0. The standard InChI is InChI=1S/C32H50FN7O3.C2H2O4/c1-8-40(24(4)5)31(41)26-18-25(33)11-12-28(26)43-30-29(34-22-35-36-30)38-15-13-32(19-38)20-39(21-32)27(23(2)3)10-9-14-37(6)16-17-42-7;3-1(4)2(5)6/h11-12,18,22-24,27H,8-10,13-17,19-21H2,1-7H3;(H,3,4)(H,5,6). The molecule has 4 rings (SSSR count). The minimum atomic E-state index is -1.82. The number of likely N-dealkylation sites (tertiary alicyclic amines) is 1. The van der Waals surface area contributed by atoms with Gasteiger partial charge in [0.25, 0.3) is 11.8 Å². The van der Waals surface area contributed by atoms with Gasteiger partial charge in [-0.2, -0.15) is 0 Å². The summed E-state index contributed by atoms with van der Waals surface area (Å²) in [6.45, 7) is 17.6. The molecule has 1 unspecified atom stereocenters. The Balaban J connectivity index is 0.000000992. The molecule has 1 amide bonds. The van der Waals surface area contributed by atoms with Crippen LogP contribution in [0.1, 0.15) is 64.2 Å². The summed E-state index contributed by atoms with van der Waals surface area (Å²) < 4.78 is 25.7. The predicted octanol–water partition coefficient (Wildman–Crippen LogP) is 3.72. The highest BCUT2D eigenvalue weighted by Crippen LogP contribution is 2.44. The number of halogens is 1. The van der Waals surface area contributed by atoms with E-state index in [4.69, 9.17) is 29.3 Å². The van der Waals surface area contributed by atoms with Crippen LogP contribution in [0.5, 0.6) is 11.6 Å². The van der Waals surface area contributed by atoms with E-state index in [0.717, 1.165) is 52.3 Å². The van der Waals surface area contributed by atoms with Crippen molar-refractivity contribution in [3.05, 3.63) is 35.9 Å². The Morgan fingerprint density at radius 3 is 2.37 bits per heavy atom. The minimum absolute atomic E-state index is 0.0391. The van der Waals surface area contributed by atoms with Crippen molar-refractivity contribution in [2.75, 3.05) is 71.5 Å². The number of methoxy groups -OCH3 is 1. The number of hydrogen-bond acceptors (Lipinski definition) is 11. The van der Waals surface area contributed by atoms with Gasteiger partial charge < -0.3 is 34.4 Å². The van der Waals surface area contributed by atoms with Gasteiger partial charge in [0.2, 0.25) is 0 Å². The maximum Gasteiger partial charge on any atom is 0.414 e. The fourth-order valence-electron chi connectivity index (χ4n) is 6.59. The maximum absolute atomic E-state index is 14.3. The second kappa shape index (κ2) is 18.2. The molecule has 49 heavy (non-hydrogen) atoms. The number of anilines is 1. The molecule has 1 aromatic heterocycles. The van der Waals surface area contributed by atoms with Gasteiger partial charge in [-0.15, -0.1) is 10.2 Å². The summed E-state index contributed by atoms with van der Waals surface area (Å²) in [5.41, 5.74) is 0.366. The number of carboxylic acid groups (broad SMARTS) is 2. The Labute approximate surface area is 288 Å². The van der Waals surface area contributed by atoms with E-state index < -0.39 is 17.8 Å². The summed E-state index contributed by atoms with van der Waals surface area (Å²) in [4.78, 5) is 45.0. The Morgan fingerprint density at radius 2 is 1.78 bits per heavy atom. The zero-order chi connectivity index (χ0) is 36.3. The molecule has 0 saturated carbocycles. The van der Waals surface area contributed by atoms with Crippen LogP contribution in [-0.4, -0.2) is 137 Å². The summed E-state index contributed by atoms with van der Waals surface area (Å²) in [7, 11) is 3.91. The van der Waals surface area contributed by atoms with E-state index in [1.165, 1.54) is 37.4 Å². The fourth-order valence-corrected chi connectivity index (χ4v) is 6.59. The number of carboxylic acids is 2. The molecule has 3 heterocycles. The third-order valence-electron chi connectivity index (χ3n) is 9.13. The third-order valence-corrected chi connectivity index (χ3v) is 9.13. The molecule has 0 bridgehead atoms. The van der Waals surface area contributed by atoms with Gasteiger partial charge >= 0.3 is 11.9 Å². The molecule has 2 N–H and O–H groups in total. The predicted molar refractivity (Wildman–Crippen MR) is 181 cm³/mol. The number of carbonyl (C=O) groups excluding carboxylic acids is 1. The third kappa shape index (κ3) is 10.8. The lowest BCUT2D eigenvalue weighted by Crippen LogP contribution is -2.62. The van der Waals surface area contributed by atoms with Crippen molar-refractivity contribution in [3.63, 3.8) is 0 Å². The number of amides is 1. The van der Waals surface area contributed by atoms with Gasteiger partial charge in [-0.25, -0.2) is 19.0 Å². The first-order chi connectivity index (χ1) is 23.2. The van der Waals surface area contributed by atoms with E-state index >= 15 is 0 Å². The monoisotopic (exact) mass is 689 g/mol. The van der Waals surface area contributed by atoms with Crippen LogP contribution in [0, 0.1) is 17.2 Å². The van der Waals surface area contributed by atoms with Crippen LogP contribution in [0.25, 0.3) is 0 Å². The highest BCUT2D eigenvalue weighted by Gasteiger charge is 2.50. The lowest BCUT2D eigenvalue weighted by molar-refractivity contribution is -0.159. The lowest BCUT2D eigenvalue weighted by atomic mass is 9.76. The van der Waals surface area contributed by atoms with E-state index in [2.05, 4.69) is 50.8 Å². The molecule has 0 radical (unpaired) electrons. The number of aliphatic carboxylic acids is 2. The molecule has 15 heteroatoms. The molecule has 1 spiro atoms. The first kappa shape index (κ1) is 39.5. The smallest absolute Gasteiger partial charge is 0.414 e. The van der Waals surface area contributed by atoms with E-state index in [0.29, 0.717) is 24.3 Å². The molecule has 0 aliphatic carbocycles. The van der Waals surface area contributed by atoms with Gasteiger partial charge in [0, 0.05) is 63.9 Å². The van der Waals surface area contributed by atoms with E-state index in [1.807, 2.05) is 20.8 Å². The average molecular weight is 690 g/mol. The molecular formula is C34H52FN7O7.